The van der Waals surface area contributed by atoms with Crippen LogP contribution in [0.25, 0.3) is 11.2 Å². The molecule has 0 amide bonds. The summed E-state index contributed by atoms with van der Waals surface area (Å²) in [6.07, 6.45) is 3.90. The van der Waals surface area contributed by atoms with E-state index in [1.54, 1.807) is 18.3 Å². The standard InChI is InChI=1S/C17H17N3O2/c21-13-7-5-12(6-8-13)11-20-16-14(3-1-9-18-16)19-17(20)15-4-2-10-22-15/h1,3,5-9,15,21H,2,4,10-11H2. The van der Waals surface area contributed by atoms with Gasteiger partial charge in [0.15, 0.2) is 5.65 Å². The Bertz CT molecular complexity index is 789. The van der Waals surface area contributed by atoms with Crippen LogP contribution in [0.3, 0.4) is 0 Å². The quantitative estimate of drug-likeness (QED) is 0.807. The van der Waals surface area contributed by atoms with Gasteiger partial charge in [-0.1, -0.05) is 12.1 Å². The molecule has 5 heteroatoms. The van der Waals surface area contributed by atoms with Crippen LogP contribution in [0.1, 0.15) is 30.3 Å². The summed E-state index contributed by atoms with van der Waals surface area (Å²) in [4.78, 5) is 9.22. The van der Waals surface area contributed by atoms with Crippen LogP contribution in [-0.2, 0) is 11.3 Å². The summed E-state index contributed by atoms with van der Waals surface area (Å²) in [5.74, 6) is 1.22. The van der Waals surface area contributed by atoms with Crippen molar-refractivity contribution >= 4 is 11.2 Å². The van der Waals surface area contributed by atoms with Crippen molar-refractivity contribution in [1.82, 2.24) is 14.5 Å². The lowest BCUT2D eigenvalue weighted by Crippen LogP contribution is -2.10. The van der Waals surface area contributed by atoms with Crippen LogP contribution in [0.2, 0.25) is 0 Å². The average molecular weight is 295 g/mol. The molecule has 1 fully saturated rings. The van der Waals surface area contributed by atoms with Crippen molar-refractivity contribution in [2.75, 3.05) is 6.61 Å². The Kier molecular flexibility index (Phi) is 3.27. The van der Waals surface area contributed by atoms with Gasteiger partial charge >= 0.3 is 0 Å². The number of pyridine rings is 1. The minimum atomic E-state index is 0.0475. The number of hydrogen-bond donors (Lipinski definition) is 1. The van der Waals surface area contributed by atoms with E-state index in [-0.39, 0.29) is 11.9 Å². The molecule has 0 spiro atoms. The van der Waals surface area contributed by atoms with Crippen LogP contribution in [-0.4, -0.2) is 26.2 Å². The molecule has 3 heterocycles. The normalized spacial score (nSPS) is 18.1. The first-order chi connectivity index (χ1) is 10.8. The van der Waals surface area contributed by atoms with E-state index in [0.29, 0.717) is 6.54 Å². The third-order valence-corrected chi connectivity index (χ3v) is 4.03. The number of phenolic OH excluding ortho intramolecular Hbond substituents is 1. The highest BCUT2D eigenvalue weighted by molar-refractivity contribution is 5.71. The van der Waals surface area contributed by atoms with E-state index in [2.05, 4.69) is 9.55 Å². The lowest BCUT2D eigenvalue weighted by molar-refractivity contribution is 0.103. The first-order valence-corrected chi connectivity index (χ1v) is 7.52. The summed E-state index contributed by atoms with van der Waals surface area (Å²) >= 11 is 0. The Balaban J connectivity index is 1.79. The smallest absolute Gasteiger partial charge is 0.160 e. The van der Waals surface area contributed by atoms with Crippen molar-refractivity contribution in [1.29, 1.82) is 0 Å². The lowest BCUT2D eigenvalue weighted by atomic mass is 10.2. The zero-order valence-electron chi connectivity index (χ0n) is 12.1. The van der Waals surface area contributed by atoms with Crippen LogP contribution in [0, 0.1) is 0 Å². The number of aromatic hydroxyl groups is 1. The van der Waals surface area contributed by atoms with Crippen LogP contribution >= 0.6 is 0 Å². The van der Waals surface area contributed by atoms with Crippen LogP contribution < -0.4 is 0 Å². The van der Waals surface area contributed by atoms with E-state index in [1.165, 1.54) is 0 Å². The molecular weight excluding hydrogens is 278 g/mol. The molecule has 5 nitrogen and oxygen atoms in total. The van der Waals surface area contributed by atoms with Gasteiger partial charge < -0.3 is 14.4 Å². The Hall–Kier alpha value is -2.40. The minimum Gasteiger partial charge on any atom is -0.508 e. The maximum atomic E-state index is 9.43. The Labute approximate surface area is 128 Å². The molecule has 1 aromatic carbocycles. The predicted molar refractivity (Wildman–Crippen MR) is 82.7 cm³/mol. The topological polar surface area (TPSA) is 60.2 Å². The number of ether oxygens (including phenoxy) is 1. The number of fused-ring (bicyclic) bond motifs is 1. The van der Waals surface area contributed by atoms with Crippen LogP contribution in [0.5, 0.6) is 5.75 Å². The number of aromatic nitrogens is 3. The first-order valence-electron chi connectivity index (χ1n) is 7.52. The van der Waals surface area contributed by atoms with Gasteiger partial charge in [-0.3, -0.25) is 0 Å². The molecule has 1 N–H and O–H groups in total. The van der Waals surface area contributed by atoms with Crippen molar-refractivity contribution in [3.05, 3.63) is 54.0 Å². The predicted octanol–water partition coefficient (Wildman–Crippen LogP) is 3.04. The molecule has 112 valence electrons. The Morgan fingerprint density at radius 2 is 2.09 bits per heavy atom. The highest BCUT2D eigenvalue weighted by atomic mass is 16.5. The second-order valence-corrected chi connectivity index (χ2v) is 5.57. The van der Waals surface area contributed by atoms with Crippen LogP contribution in [0.15, 0.2) is 42.6 Å². The molecule has 1 aliphatic heterocycles. The molecule has 0 aliphatic carbocycles. The SMILES string of the molecule is Oc1ccc(Cn2c(C3CCCO3)nc3cccnc32)cc1. The summed E-state index contributed by atoms with van der Waals surface area (Å²) in [7, 11) is 0. The summed E-state index contributed by atoms with van der Waals surface area (Å²) in [5.41, 5.74) is 2.87. The number of benzene rings is 1. The van der Waals surface area contributed by atoms with Crippen molar-refractivity contribution in [3.63, 3.8) is 0 Å². The van der Waals surface area contributed by atoms with E-state index < -0.39 is 0 Å². The summed E-state index contributed by atoms with van der Waals surface area (Å²) in [6, 6.07) is 11.1. The van der Waals surface area contributed by atoms with Gasteiger partial charge in [0.05, 0.1) is 6.54 Å². The molecular formula is C17H17N3O2. The second kappa shape index (κ2) is 5.42. The molecule has 22 heavy (non-hydrogen) atoms. The molecule has 2 aromatic heterocycles. The zero-order valence-corrected chi connectivity index (χ0v) is 12.1. The average Bonchev–Trinajstić information content (AvgIpc) is 3.18. The van der Waals surface area contributed by atoms with E-state index in [0.717, 1.165) is 42.0 Å². The first kappa shape index (κ1) is 13.3. The number of hydrogen-bond acceptors (Lipinski definition) is 4. The van der Waals surface area contributed by atoms with E-state index >= 15 is 0 Å². The van der Waals surface area contributed by atoms with Gasteiger partial charge in [-0.2, -0.15) is 0 Å². The summed E-state index contributed by atoms with van der Waals surface area (Å²) in [5, 5.41) is 9.43. The number of imidazole rings is 1. The van der Waals surface area contributed by atoms with Crippen LogP contribution in [0.4, 0.5) is 0 Å². The van der Waals surface area contributed by atoms with Gasteiger partial charge in [0.25, 0.3) is 0 Å². The van der Waals surface area contributed by atoms with Crippen molar-refractivity contribution in [2.45, 2.75) is 25.5 Å². The highest BCUT2D eigenvalue weighted by Gasteiger charge is 2.24. The molecule has 1 atom stereocenters. The molecule has 0 saturated carbocycles. The fraction of sp³-hybridized carbons (Fsp3) is 0.294. The molecule has 4 rings (SSSR count). The van der Waals surface area contributed by atoms with E-state index in [1.807, 2.05) is 24.3 Å². The van der Waals surface area contributed by atoms with Gasteiger partial charge in [0, 0.05) is 12.8 Å². The Morgan fingerprint density at radius 1 is 1.23 bits per heavy atom. The lowest BCUT2D eigenvalue weighted by Gasteiger charge is -2.13. The van der Waals surface area contributed by atoms with Gasteiger partial charge in [0.1, 0.15) is 23.2 Å². The van der Waals surface area contributed by atoms with Gasteiger partial charge in [0.2, 0.25) is 0 Å². The molecule has 1 unspecified atom stereocenters. The van der Waals surface area contributed by atoms with Crippen molar-refractivity contribution in [3.8, 4) is 5.75 Å². The minimum absolute atomic E-state index is 0.0475. The molecule has 0 bridgehead atoms. The maximum absolute atomic E-state index is 9.43. The largest absolute Gasteiger partial charge is 0.508 e. The molecule has 0 radical (unpaired) electrons. The monoisotopic (exact) mass is 295 g/mol. The van der Waals surface area contributed by atoms with Gasteiger partial charge in [-0.05, 0) is 42.7 Å². The number of rotatable bonds is 3. The fourth-order valence-electron chi connectivity index (χ4n) is 2.94. The maximum Gasteiger partial charge on any atom is 0.160 e. The zero-order chi connectivity index (χ0) is 14.9. The number of phenols is 1. The third-order valence-electron chi connectivity index (χ3n) is 4.03. The molecule has 3 aromatic rings. The van der Waals surface area contributed by atoms with Gasteiger partial charge in [-0.15, -0.1) is 0 Å². The molecule has 1 saturated heterocycles. The molecule has 1 aliphatic rings. The number of nitrogens with zero attached hydrogens (tertiary/aromatic N) is 3. The van der Waals surface area contributed by atoms with Crippen molar-refractivity contribution in [2.24, 2.45) is 0 Å². The fourth-order valence-corrected chi connectivity index (χ4v) is 2.94. The third kappa shape index (κ3) is 2.33. The van der Waals surface area contributed by atoms with E-state index in [9.17, 15) is 5.11 Å². The second-order valence-electron chi connectivity index (χ2n) is 5.57. The Morgan fingerprint density at radius 3 is 2.86 bits per heavy atom. The summed E-state index contributed by atoms with van der Waals surface area (Å²) in [6.45, 7) is 1.46. The van der Waals surface area contributed by atoms with E-state index in [4.69, 9.17) is 9.72 Å². The summed E-state index contributed by atoms with van der Waals surface area (Å²) < 4.78 is 7.94. The van der Waals surface area contributed by atoms with Gasteiger partial charge in [-0.25, -0.2) is 9.97 Å². The highest BCUT2D eigenvalue weighted by Crippen LogP contribution is 2.30. The van der Waals surface area contributed by atoms with Crippen molar-refractivity contribution < 1.29 is 9.84 Å².